The molecule has 0 amide bonds. The van der Waals surface area contributed by atoms with Crippen LogP contribution in [0, 0.1) is 11.3 Å². The van der Waals surface area contributed by atoms with Crippen LogP contribution in [0.5, 0.6) is 0 Å². The van der Waals surface area contributed by atoms with Gasteiger partial charge < -0.3 is 5.11 Å². The minimum Gasteiger partial charge on any atom is -0.396 e. The number of aliphatic hydroxyl groups is 1. The van der Waals surface area contributed by atoms with E-state index in [-0.39, 0.29) is 23.6 Å². The van der Waals surface area contributed by atoms with Crippen molar-refractivity contribution >= 4 is 10.0 Å². The zero-order valence-corrected chi connectivity index (χ0v) is 9.37. The summed E-state index contributed by atoms with van der Waals surface area (Å²) in [5, 5.41) is 17.3. The largest absolute Gasteiger partial charge is 0.396 e. The first-order valence-corrected chi connectivity index (χ1v) is 6.20. The van der Waals surface area contributed by atoms with Crippen molar-refractivity contribution in [2.45, 2.75) is 11.3 Å². The lowest BCUT2D eigenvalue weighted by atomic mass is 10.2. The zero-order valence-electron chi connectivity index (χ0n) is 8.55. The Bertz CT molecular complexity index is 491. The molecule has 0 bridgehead atoms. The molecule has 0 aliphatic rings. The van der Waals surface area contributed by atoms with E-state index in [4.69, 9.17) is 10.4 Å². The number of aliphatic hydroxyl groups excluding tert-OH is 1. The molecule has 0 heterocycles. The molecule has 0 aliphatic heterocycles. The average molecular weight is 240 g/mol. The molecular formula is C10H12N2O3S. The lowest BCUT2D eigenvalue weighted by Crippen LogP contribution is -2.26. The van der Waals surface area contributed by atoms with Crippen LogP contribution in [0.3, 0.4) is 0 Å². The molecular weight excluding hydrogens is 228 g/mol. The van der Waals surface area contributed by atoms with Crippen LogP contribution in [0.4, 0.5) is 0 Å². The third-order valence-electron chi connectivity index (χ3n) is 1.92. The summed E-state index contributed by atoms with van der Waals surface area (Å²) in [5.74, 6) is 0. The molecule has 1 rings (SSSR count). The highest BCUT2D eigenvalue weighted by molar-refractivity contribution is 7.89. The molecule has 0 unspecified atom stereocenters. The monoisotopic (exact) mass is 240 g/mol. The lowest BCUT2D eigenvalue weighted by molar-refractivity contribution is 0.289. The van der Waals surface area contributed by atoms with Gasteiger partial charge in [-0.15, -0.1) is 0 Å². The number of hydrogen-bond donors (Lipinski definition) is 2. The topological polar surface area (TPSA) is 90.2 Å². The van der Waals surface area contributed by atoms with Crippen LogP contribution in [0.2, 0.25) is 0 Å². The summed E-state index contributed by atoms with van der Waals surface area (Å²) in [6.07, 6.45) is 0.341. The zero-order chi connectivity index (χ0) is 12.0. The van der Waals surface area contributed by atoms with E-state index in [9.17, 15) is 8.42 Å². The fourth-order valence-corrected chi connectivity index (χ4v) is 2.39. The summed E-state index contributed by atoms with van der Waals surface area (Å²) in [6.45, 7) is 0.0704. The van der Waals surface area contributed by atoms with Crippen LogP contribution in [0.25, 0.3) is 0 Å². The van der Waals surface area contributed by atoms with E-state index in [0.29, 0.717) is 6.42 Å². The van der Waals surface area contributed by atoms with Crippen molar-refractivity contribution in [1.82, 2.24) is 4.72 Å². The number of nitriles is 1. The number of rotatable bonds is 5. The maximum absolute atomic E-state index is 11.7. The minimum atomic E-state index is -3.66. The van der Waals surface area contributed by atoms with Crippen LogP contribution in [0.1, 0.15) is 12.0 Å². The molecule has 16 heavy (non-hydrogen) atoms. The Hall–Kier alpha value is -1.42. The number of nitrogens with one attached hydrogen (secondary N) is 1. The van der Waals surface area contributed by atoms with Gasteiger partial charge >= 0.3 is 0 Å². The highest BCUT2D eigenvalue weighted by Gasteiger charge is 2.16. The Morgan fingerprint density at radius 3 is 2.69 bits per heavy atom. The fourth-order valence-electron chi connectivity index (χ4n) is 1.16. The summed E-state index contributed by atoms with van der Waals surface area (Å²) in [5.41, 5.74) is 0.110. The second-order valence-corrected chi connectivity index (χ2v) is 4.82. The van der Waals surface area contributed by atoms with E-state index in [0.717, 1.165) is 0 Å². The van der Waals surface area contributed by atoms with Gasteiger partial charge in [-0.1, -0.05) is 12.1 Å². The van der Waals surface area contributed by atoms with Gasteiger partial charge in [0.25, 0.3) is 0 Å². The van der Waals surface area contributed by atoms with Crippen molar-refractivity contribution in [3.05, 3.63) is 29.8 Å². The van der Waals surface area contributed by atoms with Crippen molar-refractivity contribution < 1.29 is 13.5 Å². The highest BCUT2D eigenvalue weighted by Crippen LogP contribution is 2.13. The minimum absolute atomic E-state index is 0.0320. The van der Waals surface area contributed by atoms with Gasteiger partial charge in [0.1, 0.15) is 6.07 Å². The van der Waals surface area contributed by atoms with E-state index < -0.39 is 10.0 Å². The second kappa shape index (κ2) is 5.61. The molecule has 86 valence electrons. The predicted octanol–water partition coefficient (Wildman–Crippen LogP) is 0.219. The van der Waals surface area contributed by atoms with E-state index >= 15 is 0 Å². The predicted molar refractivity (Wildman–Crippen MR) is 58.0 cm³/mol. The number of sulfonamides is 1. The van der Waals surface area contributed by atoms with Crippen LogP contribution < -0.4 is 4.72 Å². The molecule has 0 radical (unpaired) electrons. The van der Waals surface area contributed by atoms with Crippen LogP contribution in [-0.4, -0.2) is 26.7 Å². The van der Waals surface area contributed by atoms with Crippen LogP contribution >= 0.6 is 0 Å². The summed E-state index contributed by atoms with van der Waals surface area (Å²) >= 11 is 0. The molecule has 0 saturated carbocycles. The maximum Gasteiger partial charge on any atom is 0.241 e. The molecule has 0 saturated heterocycles. The summed E-state index contributed by atoms with van der Waals surface area (Å²) in [7, 11) is -3.66. The van der Waals surface area contributed by atoms with Crippen molar-refractivity contribution in [3.63, 3.8) is 0 Å². The summed E-state index contributed by atoms with van der Waals surface area (Å²) < 4.78 is 25.8. The van der Waals surface area contributed by atoms with Gasteiger partial charge in [0.2, 0.25) is 10.0 Å². The van der Waals surface area contributed by atoms with Gasteiger partial charge in [0.05, 0.1) is 10.5 Å². The van der Waals surface area contributed by atoms with Crippen molar-refractivity contribution in [2.24, 2.45) is 0 Å². The molecule has 6 heteroatoms. The molecule has 0 aliphatic carbocycles. The number of nitrogens with zero attached hydrogens (tertiary/aromatic N) is 1. The fraction of sp³-hybridized carbons (Fsp3) is 0.300. The van der Waals surface area contributed by atoms with Gasteiger partial charge in [-0.05, 0) is 18.6 Å². The Morgan fingerprint density at radius 1 is 1.38 bits per heavy atom. The Kier molecular flexibility index (Phi) is 4.43. The SMILES string of the molecule is N#Cc1ccccc1S(=O)(=O)NCCCO. The molecule has 0 aromatic heterocycles. The van der Waals surface area contributed by atoms with Crippen LogP contribution in [0.15, 0.2) is 29.2 Å². The average Bonchev–Trinajstić information content (AvgIpc) is 2.29. The van der Waals surface area contributed by atoms with Crippen molar-refractivity contribution in [3.8, 4) is 6.07 Å². The van der Waals surface area contributed by atoms with Gasteiger partial charge in [0.15, 0.2) is 0 Å². The maximum atomic E-state index is 11.7. The molecule has 1 aromatic rings. The molecule has 2 N–H and O–H groups in total. The van der Waals surface area contributed by atoms with E-state index in [1.807, 2.05) is 6.07 Å². The normalized spacial score (nSPS) is 11.0. The molecule has 1 aromatic carbocycles. The third-order valence-corrected chi connectivity index (χ3v) is 3.44. The first-order chi connectivity index (χ1) is 7.61. The van der Waals surface area contributed by atoms with Crippen molar-refractivity contribution in [1.29, 1.82) is 5.26 Å². The highest BCUT2D eigenvalue weighted by atomic mass is 32.2. The van der Waals surface area contributed by atoms with Crippen LogP contribution in [-0.2, 0) is 10.0 Å². The first-order valence-electron chi connectivity index (χ1n) is 4.71. The Labute approximate surface area is 94.4 Å². The van der Waals surface area contributed by atoms with Gasteiger partial charge in [-0.25, -0.2) is 13.1 Å². The second-order valence-electron chi connectivity index (χ2n) is 3.08. The number of benzene rings is 1. The molecule has 0 fully saturated rings. The molecule has 5 nitrogen and oxygen atoms in total. The first kappa shape index (κ1) is 12.6. The molecule has 0 spiro atoms. The Morgan fingerprint density at radius 2 is 2.06 bits per heavy atom. The van der Waals surface area contributed by atoms with E-state index in [2.05, 4.69) is 4.72 Å². The van der Waals surface area contributed by atoms with Crippen molar-refractivity contribution in [2.75, 3.05) is 13.2 Å². The summed E-state index contributed by atoms with van der Waals surface area (Å²) in [6, 6.07) is 7.80. The van der Waals surface area contributed by atoms with Gasteiger partial charge in [0, 0.05) is 13.2 Å². The lowest BCUT2D eigenvalue weighted by Gasteiger charge is -2.06. The third kappa shape index (κ3) is 3.03. The Balaban J connectivity index is 2.95. The quantitative estimate of drug-likeness (QED) is 0.720. The summed E-state index contributed by atoms with van der Waals surface area (Å²) in [4.78, 5) is -0.0320. The van der Waals surface area contributed by atoms with E-state index in [1.54, 1.807) is 12.1 Å². The van der Waals surface area contributed by atoms with Gasteiger partial charge in [-0.2, -0.15) is 5.26 Å². The van der Waals surface area contributed by atoms with Gasteiger partial charge in [-0.3, -0.25) is 0 Å². The number of hydrogen-bond acceptors (Lipinski definition) is 4. The molecule has 0 atom stereocenters. The van der Waals surface area contributed by atoms with E-state index in [1.165, 1.54) is 12.1 Å². The smallest absolute Gasteiger partial charge is 0.241 e. The standard InChI is InChI=1S/C10H12N2O3S/c11-8-9-4-1-2-5-10(9)16(14,15)12-6-3-7-13/h1-2,4-5,12-13H,3,6-7H2.